The number of amides is 1. The third-order valence-electron chi connectivity index (χ3n) is 6.05. The highest BCUT2D eigenvalue weighted by Gasteiger charge is 2.64. The molecule has 6 heteroatoms. The van der Waals surface area contributed by atoms with Crippen molar-refractivity contribution in [2.45, 2.75) is 51.7 Å². The van der Waals surface area contributed by atoms with E-state index in [0.29, 0.717) is 25.9 Å². The minimum atomic E-state index is -1.24. The summed E-state index contributed by atoms with van der Waals surface area (Å²) >= 11 is 0. The van der Waals surface area contributed by atoms with Crippen molar-refractivity contribution in [3.8, 4) is 0 Å². The molecule has 1 aromatic rings. The van der Waals surface area contributed by atoms with E-state index in [0.717, 1.165) is 6.54 Å². The molecule has 3 unspecified atom stereocenters. The molecule has 0 radical (unpaired) electrons. The van der Waals surface area contributed by atoms with E-state index in [1.165, 1.54) is 10.5 Å². The van der Waals surface area contributed by atoms with Gasteiger partial charge in [0.25, 0.3) is 0 Å². The van der Waals surface area contributed by atoms with Gasteiger partial charge in [-0.2, -0.15) is 0 Å². The van der Waals surface area contributed by atoms with Crippen LogP contribution in [0.4, 0.5) is 4.79 Å². The molecule has 1 aromatic carbocycles. The van der Waals surface area contributed by atoms with Crippen molar-refractivity contribution in [1.29, 1.82) is 0 Å². The second kappa shape index (κ2) is 8.19. The SMILES string of the molecule is C=CCC1C2CN(C(=O)OCC(C)(C)C)C1(C(=O)O)CCN2Cc1ccccc1. The molecule has 158 valence electrons. The van der Waals surface area contributed by atoms with Gasteiger partial charge in [0.1, 0.15) is 5.54 Å². The van der Waals surface area contributed by atoms with Crippen LogP contribution in [-0.4, -0.2) is 58.2 Å². The van der Waals surface area contributed by atoms with Crippen LogP contribution in [0.15, 0.2) is 43.0 Å². The number of hydrogen-bond donors (Lipinski definition) is 1. The second-order valence-electron chi connectivity index (χ2n) is 9.36. The van der Waals surface area contributed by atoms with Crippen LogP contribution >= 0.6 is 0 Å². The fourth-order valence-electron chi connectivity index (χ4n) is 4.69. The van der Waals surface area contributed by atoms with Gasteiger partial charge in [-0.1, -0.05) is 57.2 Å². The number of carbonyl (C=O) groups is 2. The number of allylic oxidation sites excluding steroid dienone is 1. The summed E-state index contributed by atoms with van der Waals surface area (Å²) in [6.45, 7) is 11.8. The molecule has 6 nitrogen and oxygen atoms in total. The molecule has 2 bridgehead atoms. The van der Waals surface area contributed by atoms with Gasteiger partial charge >= 0.3 is 12.1 Å². The molecule has 2 aliphatic rings. The smallest absolute Gasteiger partial charge is 0.410 e. The molecule has 3 atom stereocenters. The predicted octanol–water partition coefficient (Wildman–Crippen LogP) is 3.77. The summed E-state index contributed by atoms with van der Waals surface area (Å²) in [6.07, 6.45) is 2.17. The third-order valence-corrected chi connectivity index (χ3v) is 6.05. The molecule has 2 saturated heterocycles. The zero-order valence-electron chi connectivity index (χ0n) is 17.6. The summed E-state index contributed by atoms with van der Waals surface area (Å²) in [5, 5.41) is 10.2. The number of benzene rings is 1. The highest BCUT2D eigenvalue weighted by molar-refractivity contribution is 5.86. The lowest BCUT2D eigenvalue weighted by Gasteiger charge is -2.44. The molecule has 1 amide bonds. The van der Waals surface area contributed by atoms with E-state index in [9.17, 15) is 14.7 Å². The number of rotatable bonds is 6. The summed E-state index contributed by atoms with van der Waals surface area (Å²) in [5.41, 5.74) is -0.233. The van der Waals surface area contributed by atoms with Crippen molar-refractivity contribution in [1.82, 2.24) is 9.80 Å². The van der Waals surface area contributed by atoms with E-state index in [1.54, 1.807) is 6.08 Å². The number of likely N-dealkylation sites (tertiary alicyclic amines) is 2. The summed E-state index contributed by atoms with van der Waals surface area (Å²) in [7, 11) is 0. The minimum absolute atomic E-state index is 0.0414. The lowest BCUT2D eigenvalue weighted by molar-refractivity contribution is -0.154. The van der Waals surface area contributed by atoms with Crippen LogP contribution in [0.5, 0.6) is 0 Å². The topological polar surface area (TPSA) is 70.1 Å². The van der Waals surface area contributed by atoms with Gasteiger partial charge in [-0.15, -0.1) is 6.58 Å². The first-order valence-electron chi connectivity index (χ1n) is 10.3. The maximum atomic E-state index is 13.0. The molecule has 2 heterocycles. The Labute approximate surface area is 173 Å². The lowest BCUT2D eigenvalue weighted by atomic mass is 9.74. The van der Waals surface area contributed by atoms with Crippen molar-refractivity contribution >= 4 is 12.1 Å². The van der Waals surface area contributed by atoms with Gasteiger partial charge in [0.15, 0.2) is 0 Å². The van der Waals surface area contributed by atoms with Crippen LogP contribution in [-0.2, 0) is 16.1 Å². The largest absolute Gasteiger partial charge is 0.479 e. The number of carboxylic acid groups (broad SMARTS) is 1. The fraction of sp³-hybridized carbons (Fsp3) is 0.565. The van der Waals surface area contributed by atoms with Crippen LogP contribution in [0.1, 0.15) is 39.2 Å². The van der Waals surface area contributed by atoms with Crippen LogP contribution in [0.3, 0.4) is 0 Å². The Morgan fingerprint density at radius 2 is 2.00 bits per heavy atom. The van der Waals surface area contributed by atoms with Crippen molar-refractivity contribution in [2.75, 3.05) is 19.7 Å². The summed E-state index contributed by atoms with van der Waals surface area (Å²) in [6, 6.07) is 10.1. The molecule has 0 spiro atoms. The van der Waals surface area contributed by atoms with Gasteiger partial charge in [0, 0.05) is 31.6 Å². The minimum Gasteiger partial charge on any atom is -0.479 e. The Morgan fingerprint density at radius 1 is 1.31 bits per heavy atom. The van der Waals surface area contributed by atoms with E-state index in [1.807, 2.05) is 39.0 Å². The molecule has 2 fully saturated rings. The fourth-order valence-corrected chi connectivity index (χ4v) is 4.69. The molecule has 1 N–H and O–H groups in total. The molecule has 29 heavy (non-hydrogen) atoms. The maximum Gasteiger partial charge on any atom is 0.410 e. The zero-order valence-corrected chi connectivity index (χ0v) is 17.6. The van der Waals surface area contributed by atoms with Gasteiger partial charge in [-0.05, 0) is 23.8 Å². The first-order valence-corrected chi connectivity index (χ1v) is 10.3. The first kappa shape index (κ1) is 21.4. The standard InChI is InChI=1S/C23H32N2O4/c1-5-9-18-19-15-25(21(28)29-16-22(2,3)4)23(18,20(26)27)12-13-24(19)14-17-10-7-6-8-11-17/h5-8,10-11,18-19H,1,9,12-16H2,2-4H3,(H,26,27). The van der Waals surface area contributed by atoms with Gasteiger partial charge in [0.2, 0.25) is 0 Å². The van der Waals surface area contributed by atoms with E-state index in [-0.39, 0.29) is 24.0 Å². The number of carboxylic acids is 1. The molecular weight excluding hydrogens is 368 g/mol. The number of hydrogen-bond acceptors (Lipinski definition) is 4. The van der Waals surface area contributed by atoms with E-state index in [2.05, 4.69) is 23.6 Å². The lowest BCUT2D eigenvalue weighted by Crippen LogP contribution is -2.60. The van der Waals surface area contributed by atoms with E-state index >= 15 is 0 Å². The summed E-state index contributed by atoms with van der Waals surface area (Å²) in [4.78, 5) is 29.2. The Hall–Kier alpha value is -2.34. The van der Waals surface area contributed by atoms with Gasteiger partial charge in [-0.3, -0.25) is 9.80 Å². The highest BCUT2D eigenvalue weighted by atomic mass is 16.6. The van der Waals surface area contributed by atoms with Crippen LogP contribution in [0.2, 0.25) is 0 Å². The molecule has 0 aromatic heterocycles. The van der Waals surface area contributed by atoms with Crippen LogP contribution in [0.25, 0.3) is 0 Å². The van der Waals surface area contributed by atoms with Crippen LogP contribution < -0.4 is 0 Å². The third kappa shape index (κ3) is 4.17. The highest BCUT2D eigenvalue weighted by Crippen LogP contribution is 2.47. The van der Waals surface area contributed by atoms with Gasteiger partial charge < -0.3 is 9.84 Å². The molecule has 3 rings (SSSR count). The number of ether oxygens (including phenoxy) is 1. The Balaban J connectivity index is 1.88. The van der Waals surface area contributed by atoms with E-state index < -0.39 is 17.6 Å². The number of nitrogens with zero attached hydrogens (tertiary/aromatic N) is 2. The second-order valence-corrected chi connectivity index (χ2v) is 9.36. The Kier molecular flexibility index (Phi) is 6.03. The maximum absolute atomic E-state index is 13.0. The number of fused-ring (bicyclic) bond motifs is 2. The Morgan fingerprint density at radius 3 is 2.59 bits per heavy atom. The average Bonchev–Trinajstić information content (AvgIpc) is 2.89. The predicted molar refractivity (Wildman–Crippen MR) is 111 cm³/mol. The Bertz CT molecular complexity index is 758. The molecule has 0 aliphatic carbocycles. The number of aliphatic carboxylic acids is 1. The number of piperidine rings is 1. The number of carbonyl (C=O) groups excluding carboxylic acids is 1. The van der Waals surface area contributed by atoms with Crippen molar-refractivity contribution < 1.29 is 19.4 Å². The van der Waals surface area contributed by atoms with E-state index in [4.69, 9.17) is 4.74 Å². The van der Waals surface area contributed by atoms with Crippen molar-refractivity contribution in [3.05, 3.63) is 48.6 Å². The normalized spacial score (nSPS) is 26.9. The molecule has 0 saturated carbocycles. The van der Waals surface area contributed by atoms with Gasteiger partial charge in [-0.25, -0.2) is 9.59 Å². The van der Waals surface area contributed by atoms with Crippen molar-refractivity contribution in [3.63, 3.8) is 0 Å². The molecule has 2 aliphatic heterocycles. The van der Waals surface area contributed by atoms with Crippen molar-refractivity contribution in [2.24, 2.45) is 11.3 Å². The quantitative estimate of drug-likeness (QED) is 0.736. The summed E-state index contributed by atoms with van der Waals surface area (Å²) in [5.74, 6) is -1.16. The van der Waals surface area contributed by atoms with Crippen LogP contribution in [0, 0.1) is 11.3 Å². The summed E-state index contributed by atoms with van der Waals surface area (Å²) < 4.78 is 5.53. The zero-order chi connectivity index (χ0) is 21.2. The monoisotopic (exact) mass is 400 g/mol. The van der Waals surface area contributed by atoms with Gasteiger partial charge in [0.05, 0.1) is 6.61 Å². The first-order chi connectivity index (χ1) is 13.7. The molecular formula is C23H32N2O4. The average molecular weight is 401 g/mol.